The minimum atomic E-state index is -0.480. The number of carbonyl (C=O) groups excluding carboxylic acids is 1. The molecule has 0 spiro atoms. The Morgan fingerprint density at radius 2 is 1.94 bits per heavy atom. The molecule has 166 valence electrons. The number of anilines is 2. The third-order valence-electron chi connectivity index (χ3n) is 6.76. The fourth-order valence-corrected chi connectivity index (χ4v) is 4.43. The van der Waals surface area contributed by atoms with Crippen LogP contribution in [0.3, 0.4) is 0 Å². The van der Waals surface area contributed by atoms with E-state index >= 15 is 0 Å². The van der Waals surface area contributed by atoms with E-state index in [0.717, 1.165) is 34.9 Å². The highest BCUT2D eigenvalue weighted by Gasteiger charge is 2.41. The summed E-state index contributed by atoms with van der Waals surface area (Å²) < 4.78 is 10.8. The van der Waals surface area contributed by atoms with Crippen molar-refractivity contribution in [1.29, 1.82) is 0 Å². The number of nitrogens with zero attached hydrogens (tertiary/aromatic N) is 3. The first-order valence-electron chi connectivity index (χ1n) is 10.9. The van der Waals surface area contributed by atoms with Gasteiger partial charge in [0.15, 0.2) is 0 Å². The molecular weight excluding hydrogens is 406 g/mol. The molecule has 1 saturated carbocycles. The van der Waals surface area contributed by atoms with Gasteiger partial charge in [-0.25, -0.2) is 19.7 Å². The van der Waals surface area contributed by atoms with E-state index in [1.165, 1.54) is 0 Å². The second-order valence-corrected chi connectivity index (χ2v) is 9.01. The highest BCUT2D eigenvalue weighted by molar-refractivity contribution is 5.93. The lowest BCUT2D eigenvalue weighted by atomic mass is 9.86. The molecule has 8 nitrogen and oxygen atoms in total. The molecule has 32 heavy (non-hydrogen) atoms. The number of fused-ring (bicyclic) bond motifs is 2. The van der Waals surface area contributed by atoms with Gasteiger partial charge in [-0.05, 0) is 61.8 Å². The minimum Gasteiger partial charge on any atom is -0.481 e. The number of hydrogen-bond donors (Lipinski definition) is 2. The molecule has 1 fully saturated rings. The van der Waals surface area contributed by atoms with Gasteiger partial charge in [-0.15, -0.1) is 0 Å². The van der Waals surface area contributed by atoms with Gasteiger partial charge in [0.2, 0.25) is 5.88 Å². The lowest BCUT2D eigenvalue weighted by Gasteiger charge is -2.27. The molecule has 1 aliphatic carbocycles. The Morgan fingerprint density at radius 3 is 2.66 bits per heavy atom. The number of carbonyl (C=O) groups is 1. The first-order valence-corrected chi connectivity index (χ1v) is 10.9. The van der Waals surface area contributed by atoms with Crippen molar-refractivity contribution >= 4 is 28.4 Å². The zero-order chi connectivity index (χ0) is 22.6. The molecular formula is C24H27N5O3. The summed E-state index contributed by atoms with van der Waals surface area (Å²) in [5, 5.41) is 5.05. The van der Waals surface area contributed by atoms with Crippen LogP contribution in [0.1, 0.15) is 61.1 Å². The fourth-order valence-electron chi connectivity index (χ4n) is 4.43. The van der Waals surface area contributed by atoms with Gasteiger partial charge < -0.3 is 20.5 Å². The summed E-state index contributed by atoms with van der Waals surface area (Å²) in [5.41, 5.74) is 8.48. The molecule has 0 bridgehead atoms. The number of ether oxygens (including phenoxy) is 2. The molecule has 0 saturated heterocycles. The standard InChI is InChI=1S/C24H27N5O3/c1-12-13(2)32-23(30)15-7-8-19(29-21(12)15)28-20-9-16-17(10-26-20)22(31-4)27-11-18(16)24(3,25)14-5-6-14/h7-14H,5-6,25H2,1-4H3,(H,26,28,29)/t12-,13-,24-/m0/s1. The first-order chi connectivity index (χ1) is 15.3. The summed E-state index contributed by atoms with van der Waals surface area (Å²) in [6.07, 6.45) is 5.58. The van der Waals surface area contributed by atoms with E-state index in [1.807, 2.05) is 26.1 Å². The van der Waals surface area contributed by atoms with Crippen LogP contribution in [0.4, 0.5) is 11.6 Å². The molecule has 8 heteroatoms. The predicted molar refractivity (Wildman–Crippen MR) is 121 cm³/mol. The maximum Gasteiger partial charge on any atom is 0.340 e. The van der Waals surface area contributed by atoms with Gasteiger partial charge in [-0.3, -0.25) is 0 Å². The second-order valence-electron chi connectivity index (χ2n) is 9.01. The third-order valence-corrected chi connectivity index (χ3v) is 6.76. The molecule has 2 aliphatic rings. The number of methoxy groups -OCH3 is 1. The minimum absolute atomic E-state index is 0.00689. The molecule has 1 aliphatic heterocycles. The maximum atomic E-state index is 12.2. The lowest BCUT2D eigenvalue weighted by Crippen LogP contribution is -2.35. The number of cyclic esters (lactones) is 1. The molecule has 3 atom stereocenters. The van der Waals surface area contributed by atoms with Crippen LogP contribution in [0.25, 0.3) is 10.8 Å². The van der Waals surface area contributed by atoms with Crippen LogP contribution in [0.2, 0.25) is 0 Å². The average Bonchev–Trinajstić information content (AvgIpc) is 3.62. The van der Waals surface area contributed by atoms with Crippen LogP contribution < -0.4 is 15.8 Å². The Bertz CT molecular complexity index is 1220. The highest BCUT2D eigenvalue weighted by Crippen LogP contribution is 2.46. The van der Waals surface area contributed by atoms with Gasteiger partial charge in [0, 0.05) is 23.9 Å². The van der Waals surface area contributed by atoms with Gasteiger partial charge in [0.05, 0.1) is 23.8 Å². The summed E-state index contributed by atoms with van der Waals surface area (Å²) >= 11 is 0. The number of rotatable bonds is 5. The summed E-state index contributed by atoms with van der Waals surface area (Å²) in [4.78, 5) is 25.9. The van der Waals surface area contributed by atoms with Gasteiger partial charge in [-0.1, -0.05) is 6.92 Å². The van der Waals surface area contributed by atoms with Crippen LogP contribution in [0.5, 0.6) is 5.88 Å². The van der Waals surface area contributed by atoms with E-state index in [1.54, 1.807) is 25.4 Å². The van der Waals surface area contributed by atoms with E-state index in [-0.39, 0.29) is 18.0 Å². The van der Waals surface area contributed by atoms with Crippen molar-refractivity contribution in [2.24, 2.45) is 11.7 Å². The van der Waals surface area contributed by atoms with Crippen molar-refractivity contribution in [3.8, 4) is 5.88 Å². The fraction of sp³-hybridized carbons (Fsp3) is 0.417. The van der Waals surface area contributed by atoms with Crippen molar-refractivity contribution < 1.29 is 14.3 Å². The molecule has 4 heterocycles. The predicted octanol–water partition coefficient (Wildman–Crippen LogP) is 4.02. The Morgan fingerprint density at radius 1 is 1.16 bits per heavy atom. The Balaban J connectivity index is 1.55. The average molecular weight is 434 g/mol. The molecule has 0 radical (unpaired) electrons. The quantitative estimate of drug-likeness (QED) is 0.580. The topological polar surface area (TPSA) is 112 Å². The van der Waals surface area contributed by atoms with Crippen molar-refractivity contribution in [2.75, 3.05) is 12.4 Å². The number of hydrogen-bond acceptors (Lipinski definition) is 8. The summed E-state index contributed by atoms with van der Waals surface area (Å²) in [6.45, 7) is 5.95. The van der Waals surface area contributed by atoms with Gasteiger partial charge in [0.1, 0.15) is 17.7 Å². The van der Waals surface area contributed by atoms with Crippen LogP contribution >= 0.6 is 0 Å². The number of nitrogens with two attached hydrogens (primary N) is 1. The Kier molecular flexibility index (Phi) is 4.78. The van der Waals surface area contributed by atoms with Crippen LogP contribution in [-0.4, -0.2) is 34.1 Å². The Labute approximate surface area is 186 Å². The van der Waals surface area contributed by atoms with Crippen molar-refractivity contribution in [2.45, 2.75) is 51.2 Å². The van der Waals surface area contributed by atoms with Crippen LogP contribution in [0.15, 0.2) is 30.6 Å². The highest BCUT2D eigenvalue weighted by atomic mass is 16.5. The molecule has 0 unspecified atom stereocenters. The monoisotopic (exact) mass is 433 g/mol. The van der Waals surface area contributed by atoms with Gasteiger partial charge >= 0.3 is 5.97 Å². The van der Waals surface area contributed by atoms with Crippen molar-refractivity contribution in [3.05, 3.63) is 47.4 Å². The van der Waals surface area contributed by atoms with Crippen molar-refractivity contribution in [1.82, 2.24) is 15.0 Å². The summed E-state index contributed by atoms with van der Waals surface area (Å²) in [6, 6.07) is 5.47. The first kappa shape index (κ1) is 20.6. The molecule has 3 aromatic rings. The van der Waals surface area contributed by atoms with Crippen LogP contribution in [0, 0.1) is 5.92 Å². The SMILES string of the molecule is COc1ncc([C@@](C)(N)C2CC2)c2cc(Nc3ccc4c(n3)[C@@H](C)[C@H](C)OC4=O)ncc12. The van der Waals surface area contributed by atoms with E-state index in [2.05, 4.69) is 22.2 Å². The maximum absolute atomic E-state index is 12.2. The van der Waals surface area contributed by atoms with E-state index in [0.29, 0.717) is 29.0 Å². The summed E-state index contributed by atoms with van der Waals surface area (Å²) in [5.74, 6) is 1.88. The van der Waals surface area contributed by atoms with Crippen molar-refractivity contribution in [3.63, 3.8) is 0 Å². The largest absolute Gasteiger partial charge is 0.481 e. The molecule has 3 aromatic heterocycles. The zero-order valence-electron chi connectivity index (χ0n) is 18.7. The zero-order valence-corrected chi connectivity index (χ0v) is 18.7. The molecule has 0 amide bonds. The number of esters is 1. The molecule has 3 N–H and O–H groups in total. The summed E-state index contributed by atoms with van der Waals surface area (Å²) in [7, 11) is 1.60. The lowest BCUT2D eigenvalue weighted by molar-refractivity contribution is 0.0235. The van der Waals surface area contributed by atoms with E-state index in [4.69, 9.17) is 20.2 Å². The Hall–Kier alpha value is -3.26. The molecule has 0 aromatic carbocycles. The molecule has 5 rings (SSSR count). The van der Waals surface area contributed by atoms with Gasteiger partial charge in [0.25, 0.3) is 0 Å². The third kappa shape index (κ3) is 3.35. The van der Waals surface area contributed by atoms with E-state index < -0.39 is 5.54 Å². The smallest absolute Gasteiger partial charge is 0.340 e. The number of aromatic nitrogens is 3. The van der Waals surface area contributed by atoms with E-state index in [9.17, 15) is 4.79 Å². The number of pyridine rings is 3. The second kappa shape index (κ2) is 7.41. The van der Waals surface area contributed by atoms with Crippen LogP contribution in [-0.2, 0) is 10.3 Å². The number of nitrogens with one attached hydrogen (secondary N) is 1. The van der Waals surface area contributed by atoms with Gasteiger partial charge in [-0.2, -0.15) is 0 Å². The normalized spacial score (nSPS) is 22.1.